The van der Waals surface area contributed by atoms with Crippen LogP contribution in [-0.2, 0) is 0 Å². The molecule has 4 nitrogen and oxygen atoms in total. The zero-order valence-electron chi connectivity index (χ0n) is 8.94. The summed E-state index contributed by atoms with van der Waals surface area (Å²) in [5.41, 5.74) is 3.00. The van der Waals surface area contributed by atoms with Crippen LogP contribution in [0.1, 0.15) is 5.56 Å². The van der Waals surface area contributed by atoms with Crippen LogP contribution in [0.15, 0.2) is 35.4 Å². The summed E-state index contributed by atoms with van der Waals surface area (Å²) < 4.78 is 25.5. The van der Waals surface area contributed by atoms with Crippen molar-refractivity contribution in [2.75, 3.05) is 5.43 Å². The average Bonchev–Trinajstić information content (AvgIpc) is 2.36. The van der Waals surface area contributed by atoms with Crippen molar-refractivity contribution in [2.45, 2.75) is 0 Å². The van der Waals surface area contributed by atoms with Crippen LogP contribution in [0.3, 0.4) is 0 Å². The van der Waals surface area contributed by atoms with Crippen molar-refractivity contribution < 1.29 is 8.78 Å². The number of aromatic nitrogens is 2. The van der Waals surface area contributed by atoms with E-state index in [0.29, 0.717) is 11.4 Å². The molecule has 1 aromatic heterocycles. The maximum Gasteiger partial charge on any atom is 0.168 e. The molecule has 0 fully saturated rings. The molecule has 1 N–H and O–H groups in total. The fraction of sp³-hybridized carbons (Fsp3) is 0. The lowest BCUT2D eigenvalue weighted by Crippen LogP contribution is -1.95. The van der Waals surface area contributed by atoms with Gasteiger partial charge in [0.2, 0.25) is 0 Å². The summed E-state index contributed by atoms with van der Waals surface area (Å²) in [4.78, 5) is 0. The molecule has 92 valence electrons. The zero-order chi connectivity index (χ0) is 13.0. The summed E-state index contributed by atoms with van der Waals surface area (Å²) in [6.07, 6.45) is 1.33. The number of rotatable bonds is 3. The Morgan fingerprint density at radius 2 is 1.94 bits per heavy atom. The topological polar surface area (TPSA) is 50.2 Å². The van der Waals surface area contributed by atoms with Crippen molar-refractivity contribution in [3.05, 3.63) is 52.7 Å². The Morgan fingerprint density at radius 3 is 2.61 bits per heavy atom. The van der Waals surface area contributed by atoms with E-state index in [1.165, 1.54) is 12.3 Å². The van der Waals surface area contributed by atoms with Gasteiger partial charge in [-0.25, -0.2) is 8.78 Å². The molecule has 2 aromatic rings. The lowest BCUT2D eigenvalue weighted by Gasteiger charge is -1.98. The third kappa shape index (κ3) is 3.21. The van der Waals surface area contributed by atoms with Crippen LogP contribution in [0.5, 0.6) is 0 Å². The largest absolute Gasteiger partial charge is 0.260 e. The molecule has 0 bridgehead atoms. The molecule has 0 unspecified atom stereocenters. The number of anilines is 1. The summed E-state index contributed by atoms with van der Waals surface area (Å²) in [5.74, 6) is -1.44. The Morgan fingerprint density at radius 1 is 1.11 bits per heavy atom. The lowest BCUT2D eigenvalue weighted by molar-refractivity contribution is 0.508. The van der Waals surface area contributed by atoms with E-state index in [9.17, 15) is 8.78 Å². The number of hydrazone groups is 1. The van der Waals surface area contributed by atoms with Crippen molar-refractivity contribution in [2.24, 2.45) is 5.10 Å². The van der Waals surface area contributed by atoms with Crippen molar-refractivity contribution in [1.29, 1.82) is 0 Å². The predicted octanol–water partition coefficient (Wildman–Crippen LogP) is 2.85. The molecule has 1 heterocycles. The van der Waals surface area contributed by atoms with E-state index in [-0.39, 0.29) is 5.15 Å². The van der Waals surface area contributed by atoms with Gasteiger partial charge in [0.05, 0.1) is 6.21 Å². The van der Waals surface area contributed by atoms with Gasteiger partial charge in [0.15, 0.2) is 22.6 Å². The maximum atomic E-state index is 12.9. The van der Waals surface area contributed by atoms with Gasteiger partial charge in [-0.15, -0.1) is 10.2 Å². The normalized spacial score (nSPS) is 10.8. The highest BCUT2D eigenvalue weighted by atomic mass is 35.5. The summed E-state index contributed by atoms with van der Waals surface area (Å²) in [6, 6.07) is 6.59. The Bertz CT molecular complexity index is 572. The van der Waals surface area contributed by atoms with Crippen LogP contribution in [-0.4, -0.2) is 16.4 Å². The molecule has 0 aliphatic carbocycles. The minimum absolute atomic E-state index is 0.269. The fourth-order valence-electron chi connectivity index (χ4n) is 1.14. The highest BCUT2D eigenvalue weighted by molar-refractivity contribution is 6.29. The van der Waals surface area contributed by atoms with Crippen LogP contribution in [0.4, 0.5) is 14.6 Å². The van der Waals surface area contributed by atoms with Crippen molar-refractivity contribution in [1.82, 2.24) is 10.2 Å². The molecule has 0 amide bonds. The van der Waals surface area contributed by atoms with E-state index in [1.54, 1.807) is 12.1 Å². The number of hydrogen-bond acceptors (Lipinski definition) is 4. The van der Waals surface area contributed by atoms with E-state index in [4.69, 9.17) is 11.6 Å². The molecular weight excluding hydrogens is 262 g/mol. The summed E-state index contributed by atoms with van der Waals surface area (Å²) in [5, 5.41) is 11.4. The molecule has 0 aliphatic rings. The Kier molecular flexibility index (Phi) is 3.78. The van der Waals surface area contributed by atoms with Crippen LogP contribution >= 0.6 is 11.6 Å². The first kappa shape index (κ1) is 12.4. The van der Waals surface area contributed by atoms with E-state index in [0.717, 1.165) is 12.1 Å². The van der Waals surface area contributed by atoms with Crippen molar-refractivity contribution >= 4 is 23.6 Å². The Balaban J connectivity index is 2.02. The molecule has 0 spiro atoms. The summed E-state index contributed by atoms with van der Waals surface area (Å²) in [6.45, 7) is 0. The first-order valence-corrected chi connectivity index (χ1v) is 5.26. The SMILES string of the molecule is Fc1ccc(C=NNc2ccc(Cl)nn2)cc1F. The Hall–Kier alpha value is -2.08. The highest BCUT2D eigenvalue weighted by Crippen LogP contribution is 2.08. The van der Waals surface area contributed by atoms with Gasteiger partial charge in [-0.2, -0.15) is 5.10 Å². The second kappa shape index (κ2) is 5.50. The quantitative estimate of drug-likeness (QED) is 0.688. The standard InChI is InChI=1S/C11H7ClF2N4/c12-10-3-4-11(18-16-10)17-15-6-7-1-2-8(13)9(14)5-7/h1-6H,(H,17,18). The number of nitrogens with one attached hydrogen (secondary N) is 1. The van der Waals surface area contributed by atoms with Crippen LogP contribution < -0.4 is 5.43 Å². The molecule has 0 radical (unpaired) electrons. The molecule has 0 atom stereocenters. The van der Waals surface area contributed by atoms with Gasteiger partial charge in [0.1, 0.15) is 0 Å². The molecule has 0 aliphatic heterocycles. The number of halogens is 3. The maximum absolute atomic E-state index is 12.9. The minimum Gasteiger partial charge on any atom is -0.260 e. The van der Waals surface area contributed by atoms with Crippen molar-refractivity contribution in [3.63, 3.8) is 0 Å². The second-order valence-electron chi connectivity index (χ2n) is 3.28. The molecule has 0 saturated heterocycles. The number of benzene rings is 1. The monoisotopic (exact) mass is 268 g/mol. The minimum atomic E-state index is -0.926. The predicted molar refractivity (Wildman–Crippen MR) is 64.6 cm³/mol. The van der Waals surface area contributed by atoms with Crippen LogP contribution in [0, 0.1) is 11.6 Å². The zero-order valence-corrected chi connectivity index (χ0v) is 9.70. The van der Waals surface area contributed by atoms with Crippen LogP contribution in [0.2, 0.25) is 5.15 Å². The number of hydrogen-bond donors (Lipinski definition) is 1. The van der Waals surface area contributed by atoms with Gasteiger partial charge >= 0.3 is 0 Å². The third-order valence-electron chi connectivity index (χ3n) is 1.97. The van der Waals surface area contributed by atoms with Crippen molar-refractivity contribution in [3.8, 4) is 0 Å². The smallest absolute Gasteiger partial charge is 0.168 e. The van der Waals surface area contributed by atoms with Gasteiger partial charge in [-0.05, 0) is 29.8 Å². The molecule has 18 heavy (non-hydrogen) atoms. The molecular formula is C11H7ClF2N4. The number of nitrogens with zero attached hydrogens (tertiary/aromatic N) is 3. The van der Waals surface area contributed by atoms with Gasteiger partial charge in [0.25, 0.3) is 0 Å². The van der Waals surface area contributed by atoms with E-state index in [1.807, 2.05) is 0 Å². The average molecular weight is 269 g/mol. The summed E-state index contributed by atoms with van der Waals surface area (Å²) in [7, 11) is 0. The third-order valence-corrected chi connectivity index (χ3v) is 2.17. The first-order chi connectivity index (χ1) is 8.65. The first-order valence-electron chi connectivity index (χ1n) is 4.88. The molecule has 7 heteroatoms. The van der Waals surface area contributed by atoms with E-state index >= 15 is 0 Å². The summed E-state index contributed by atoms with van der Waals surface area (Å²) >= 11 is 5.56. The van der Waals surface area contributed by atoms with Gasteiger partial charge in [-0.3, -0.25) is 5.43 Å². The molecule has 2 rings (SSSR count). The van der Waals surface area contributed by atoms with Gasteiger partial charge < -0.3 is 0 Å². The molecule has 0 saturated carbocycles. The molecule has 1 aromatic carbocycles. The fourth-order valence-corrected chi connectivity index (χ4v) is 1.24. The highest BCUT2D eigenvalue weighted by Gasteiger charge is 2.00. The Labute approximate surface area is 106 Å². The van der Waals surface area contributed by atoms with Gasteiger partial charge in [0, 0.05) is 0 Å². The van der Waals surface area contributed by atoms with Crippen LogP contribution in [0.25, 0.3) is 0 Å². The van der Waals surface area contributed by atoms with Gasteiger partial charge in [-0.1, -0.05) is 17.7 Å². The second-order valence-corrected chi connectivity index (χ2v) is 3.67. The van der Waals surface area contributed by atoms with E-state index < -0.39 is 11.6 Å². The lowest BCUT2D eigenvalue weighted by atomic mass is 10.2. The van der Waals surface area contributed by atoms with E-state index in [2.05, 4.69) is 20.7 Å².